The number of halogens is 2. The van der Waals surface area contributed by atoms with Crippen LogP contribution in [0.2, 0.25) is 0 Å². The molecule has 0 saturated heterocycles. The van der Waals surface area contributed by atoms with E-state index in [1.807, 2.05) is 0 Å². The van der Waals surface area contributed by atoms with Gasteiger partial charge in [0.2, 0.25) is 12.3 Å². The first kappa shape index (κ1) is 9.33. The number of carbonyl (C=O) groups is 1. The average molecular weight is 151 g/mol. The number of rotatable bonds is 4. The summed E-state index contributed by atoms with van der Waals surface area (Å²) in [5.41, 5.74) is 0. The van der Waals surface area contributed by atoms with Gasteiger partial charge >= 0.3 is 0 Å². The predicted octanol–water partition coefficient (Wildman–Crippen LogP) is 1.17. The van der Waals surface area contributed by atoms with Gasteiger partial charge in [0, 0.05) is 19.4 Å². The fraction of sp³-hybridized carbons (Fsp3) is 0.833. The van der Waals surface area contributed by atoms with Gasteiger partial charge in [-0.3, -0.25) is 4.79 Å². The Morgan fingerprint density at radius 3 is 2.60 bits per heavy atom. The van der Waals surface area contributed by atoms with E-state index in [0.717, 1.165) is 0 Å². The summed E-state index contributed by atoms with van der Waals surface area (Å²) in [4.78, 5) is 10.5. The molecule has 0 rings (SSSR count). The van der Waals surface area contributed by atoms with Crippen molar-refractivity contribution < 1.29 is 13.6 Å². The van der Waals surface area contributed by atoms with Crippen LogP contribution < -0.4 is 5.32 Å². The number of nitrogens with one attached hydrogen (secondary N) is 1. The van der Waals surface area contributed by atoms with Gasteiger partial charge < -0.3 is 5.32 Å². The third-order valence-corrected chi connectivity index (χ3v) is 0.964. The van der Waals surface area contributed by atoms with E-state index < -0.39 is 6.43 Å². The largest absolute Gasteiger partial charge is 0.356 e. The molecule has 10 heavy (non-hydrogen) atoms. The highest BCUT2D eigenvalue weighted by Gasteiger charge is 2.05. The molecule has 2 nitrogen and oxygen atoms in total. The molecule has 0 bridgehead atoms. The van der Waals surface area contributed by atoms with Gasteiger partial charge in [-0.1, -0.05) is 0 Å². The van der Waals surface area contributed by atoms with Gasteiger partial charge in [0.25, 0.3) is 0 Å². The lowest BCUT2D eigenvalue weighted by Gasteiger charge is -1.99. The molecule has 4 heteroatoms. The van der Waals surface area contributed by atoms with Crippen molar-refractivity contribution in [3.05, 3.63) is 0 Å². The molecule has 0 fully saturated rings. The molecule has 0 heterocycles. The third kappa shape index (κ3) is 5.47. The fourth-order valence-corrected chi connectivity index (χ4v) is 0.526. The Morgan fingerprint density at radius 1 is 1.60 bits per heavy atom. The average Bonchev–Trinajstić information content (AvgIpc) is 1.85. The minimum Gasteiger partial charge on any atom is -0.356 e. The maximum atomic E-state index is 11.5. The van der Waals surface area contributed by atoms with E-state index in [9.17, 15) is 13.6 Å². The monoisotopic (exact) mass is 151 g/mol. The highest BCUT2D eigenvalue weighted by atomic mass is 19.3. The van der Waals surface area contributed by atoms with Crippen LogP contribution >= 0.6 is 0 Å². The number of amides is 1. The van der Waals surface area contributed by atoms with E-state index in [2.05, 4.69) is 5.32 Å². The zero-order valence-corrected chi connectivity index (χ0v) is 5.86. The van der Waals surface area contributed by atoms with Crippen LogP contribution in [0.5, 0.6) is 0 Å². The van der Waals surface area contributed by atoms with E-state index in [1.54, 1.807) is 6.92 Å². The zero-order valence-electron chi connectivity index (χ0n) is 5.86. The number of carbonyl (C=O) groups excluding carboxylic acids is 1. The maximum absolute atomic E-state index is 11.5. The molecular weight excluding hydrogens is 140 g/mol. The molecule has 0 atom stereocenters. The van der Waals surface area contributed by atoms with Crippen molar-refractivity contribution in [2.24, 2.45) is 0 Å². The summed E-state index contributed by atoms with van der Waals surface area (Å²) in [5, 5.41) is 2.43. The van der Waals surface area contributed by atoms with Crippen LogP contribution in [0, 0.1) is 0 Å². The Morgan fingerprint density at radius 2 is 2.20 bits per heavy atom. The van der Waals surface area contributed by atoms with Crippen molar-refractivity contribution in [1.29, 1.82) is 0 Å². The molecule has 0 saturated carbocycles. The molecule has 0 aromatic carbocycles. The van der Waals surface area contributed by atoms with Crippen molar-refractivity contribution in [2.45, 2.75) is 26.2 Å². The van der Waals surface area contributed by atoms with Crippen LogP contribution in [0.3, 0.4) is 0 Å². The molecule has 0 aromatic heterocycles. The molecule has 1 N–H and O–H groups in total. The summed E-state index contributed by atoms with van der Waals surface area (Å²) < 4.78 is 22.9. The quantitative estimate of drug-likeness (QED) is 0.642. The van der Waals surface area contributed by atoms with E-state index in [0.29, 0.717) is 6.54 Å². The molecular formula is C6H11F2NO. The van der Waals surface area contributed by atoms with Crippen LogP contribution in [0.1, 0.15) is 19.8 Å². The van der Waals surface area contributed by atoms with Gasteiger partial charge in [-0.25, -0.2) is 8.78 Å². The first-order chi connectivity index (χ1) is 4.66. The van der Waals surface area contributed by atoms with E-state index >= 15 is 0 Å². The standard InChI is InChI=1S/C6H11F2NO/c1-2-9-6(10)4-3-5(7)8/h5H,2-4H2,1H3,(H,9,10). The second kappa shape index (κ2) is 5.14. The lowest BCUT2D eigenvalue weighted by molar-refractivity contribution is -0.121. The van der Waals surface area contributed by atoms with Gasteiger partial charge in [0.15, 0.2) is 0 Å². The Hall–Kier alpha value is -0.670. The van der Waals surface area contributed by atoms with Crippen LogP contribution in [-0.4, -0.2) is 18.9 Å². The molecule has 0 aliphatic heterocycles. The maximum Gasteiger partial charge on any atom is 0.239 e. The lowest BCUT2D eigenvalue weighted by atomic mass is 10.3. The highest BCUT2D eigenvalue weighted by molar-refractivity contribution is 5.75. The Balaban J connectivity index is 3.22. The zero-order chi connectivity index (χ0) is 7.98. The molecule has 0 aliphatic rings. The molecule has 1 amide bonds. The number of hydrogen-bond acceptors (Lipinski definition) is 1. The Labute approximate surface area is 58.6 Å². The summed E-state index contributed by atoms with van der Waals surface area (Å²) >= 11 is 0. The Kier molecular flexibility index (Phi) is 4.80. The van der Waals surface area contributed by atoms with E-state index in [-0.39, 0.29) is 18.7 Å². The molecule has 0 spiro atoms. The van der Waals surface area contributed by atoms with E-state index in [4.69, 9.17) is 0 Å². The van der Waals surface area contributed by atoms with Crippen molar-refractivity contribution in [3.8, 4) is 0 Å². The van der Waals surface area contributed by atoms with Crippen LogP contribution in [-0.2, 0) is 4.79 Å². The number of alkyl halides is 2. The van der Waals surface area contributed by atoms with Gasteiger partial charge in [-0.05, 0) is 6.92 Å². The van der Waals surface area contributed by atoms with E-state index in [1.165, 1.54) is 0 Å². The van der Waals surface area contributed by atoms with Crippen molar-refractivity contribution in [3.63, 3.8) is 0 Å². The predicted molar refractivity (Wildman–Crippen MR) is 33.9 cm³/mol. The normalized spacial score (nSPS) is 10.0. The third-order valence-electron chi connectivity index (χ3n) is 0.964. The van der Waals surface area contributed by atoms with Gasteiger partial charge in [0.05, 0.1) is 0 Å². The van der Waals surface area contributed by atoms with Crippen molar-refractivity contribution >= 4 is 5.91 Å². The molecule has 0 aromatic rings. The summed E-state index contributed by atoms with van der Waals surface area (Å²) in [6, 6.07) is 0. The molecule has 60 valence electrons. The fourth-order valence-electron chi connectivity index (χ4n) is 0.526. The molecule has 0 aliphatic carbocycles. The minimum atomic E-state index is -2.37. The van der Waals surface area contributed by atoms with Crippen LogP contribution in [0.15, 0.2) is 0 Å². The van der Waals surface area contributed by atoms with Crippen LogP contribution in [0.25, 0.3) is 0 Å². The SMILES string of the molecule is CCNC(=O)CCC(F)F. The smallest absolute Gasteiger partial charge is 0.239 e. The first-order valence-electron chi connectivity index (χ1n) is 3.21. The second-order valence-corrected chi connectivity index (χ2v) is 1.88. The van der Waals surface area contributed by atoms with Gasteiger partial charge in [-0.2, -0.15) is 0 Å². The summed E-state index contributed by atoms with van der Waals surface area (Å²) in [6.45, 7) is 2.25. The van der Waals surface area contributed by atoms with Crippen molar-refractivity contribution in [2.75, 3.05) is 6.54 Å². The Bertz CT molecular complexity index is 106. The topological polar surface area (TPSA) is 29.1 Å². The van der Waals surface area contributed by atoms with Crippen LogP contribution in [0.4, 0.5) is 8.78 Å². The van der Waals surface area contributed by atoms with Crippen molar-refractivity contribution in [1.82, 2.24) is 5.32 Å². The highest BCUT2D eigenvalue weighted by Crippen LogP contribution is 2.01. The van der Waals surface area contributed by atoms with Gasteiger partial charge in [0.1, 0.15) is 0 Å². The summed E-state index contributed by atoms with van der Waals surface area (Å²) in [6.07, 6.45) is -2.79. The number of hydrogen-bond donors (Lipinski definition) is 1. The second-order valence-electron chi connectivity index (χ2n) is 1.88. The molecule has 0 radical (unpaired) electrons. The summed E-state index contributed by atoms with van der Waals surface area (Å²) in [7, 11) is 0. The molecule has 0 unspecified atom stereocenters. The van der Waals surface area contributed by atoms with Gasteiger partial charge in [-0.15, -0.1) is 0 Å². The summed E-state index contributed by atoms with van der Waals surface area (Å²) in [5.74, 6) is -0.303. The first-order valence-corrected chi connectivity index (χ1v) is 3.21. The minimum absolute atomic E-state index is 0.0779. The lowest BCUT2D eigenvalue weighted by Crippen LogP contribution is -2.22.